The Bertz CT molecular complexity index is 869. The Morgan fingerprint density at radius 2 is 1.65 bits per heavy atom. The molecule has 0 radical (unpaired) electrons. The lowest BCUT2D eigenvalue weighted by Crippen LogP contribution is -2.30. The lowest BCUT2D eigenvalue weighted by atomic mass is 10.1. The molecule has 0 heterocycles. The highest BCUT2D eigenvalue weighted by atomic mass is 79.9. The van der Waals surface area contributed by atoms with E-state index < -0.39 is 5.97 Å². The Hall–Kier alpha value is -2.74. The average molecular weight is 494 g/mol. The number of carbonyl (C=O) groups excluding carboxylic acids is 2. The van der Waals surface area contributed by atoms with E-state index in [1.807, 2.05) is 38.1 Å². The van der Waals surface area contributed by atoms with Gasteiger partial charge in [-0.15, -0.1) is 0 Å². The van der Waals surface area contributed by atoms with Gasteiger partial charge in [-0.2, -0.15) is 0 Å². The maximum Gasteiger partial charge on any atom is 0.310 e. The molecule has 0 fully saturated rings. The topological polar surface area (TPSA) is 83.1 Å². The van der Waals surface area contributed by atoms with Crippen molar-refractivity contribution in [3.05, 3.63) is 52.0 Å². The first-order chi connectivity index (χ1) is 15.0. The molecule has 0 saturated carbocycles. The van der Waals surface area contributed by atoms with Crippen molar-refractivity contribution in [2.75, 3.05) is 33.5 Å². The summed E-state index contributed by atoms with van der Waals surface area (Å²) >= 11 is 3.45. The molecule has 0 aromatic heterocycles. The molecule has 168 valence electrons. The van der Waals surface area contributed by atoms with Crippen molar-refractivity contribution in [2.24, 2.45) is 0 Å². The number of esters is 1. The Balaban J connectivity index is 1.80. The molecule has 1 N–H and O–H groups in total. The minimum absolute atomic E-state index is 0.00614. The van der Waals surface area contributed by atoms with Gasteiger partial charge in [0.1, 0.15) is 5.75 Å². The van der Waals surface area contributed by atoms with Crippen LogP contribution in [0.15, 0.2) is 40.9 Å². The molecule has 1 amide bonds. The van der Waals surface area contributed by atoms with Crippen LogP contribution in [0, 0.1) is 0 Å². The molecule has 0 unspecified atom stereocenters. The maximum atomic E-state index is 12.2. The zero-order valence-electron chi connectivity index (χ0n) is 18.0. The second-order valence-electron chi connectivity index (χ2n) is 6.54. The van der Waals surface area contributed by atoms with E-state index in [9.17, 15) is 9.59 Å². The quantitative estimate of drug-likeness (QED) is 0.454. The highest BCUT2D eigenvalue weighted by Gasteiger charge is 2.15. The SMILES string of the molecule is CCOc1cc(Br)c(CC(=O)OCC(=O)NCCc2ccc(OC)cc2)cc1OCC. The highest BCUT2D eigenvalue weighted by Crippen LogP contribution is 2.34. The third-order valence-corrected chi connectivity index (χ3v) is 5.04. The van der Waals surface area contributed by atoms with Crippen LogP contribution in [0.2, 0.25) is 0 Å². The van der Waals surface area contributed by atoms with Crippen LogP contribution in [0.25, 0.3) is 0 Å². The van der Waals surface area contributed by atoms with Crippen LogP contribution in [0.4, 0.5) is 0 Å². The van der Waals surface area contributed by atoms with Gasteiger partial charge in [-0.25, -0.2) is 0 Å². The summed E-state index contributed by atoms with van der Waals surface area (Å²) in [6, 6.07) is 11.1. The Kier molecular flexibility index (Phi) is 10.2. The monoisotopic (exact) mass is 493 g/mol. The largest absolute Gasteiger partial charge is 0.497 e. The van der Waals surface area contributed by atoms with Gasteiger partial charge in [0.05, 0.1) is 26.7 Å². The molecule has 2 aromatic carbocycles. The number of hydrogen-bond donors (Lipinski definition) is 1. The molecule has 0 aliphatic heterocycles. The molecule has 0 spiro atoms. The molecule has 8 heteroatoms. The number of carbonyl (C=O) groups is 2. The van der Waals surface area contributed by atoms with Crippen molar-refractivity contribution in [1.82, 2.24) is 5.32 Å². The van der Waals surface area contributed by atoms with Crippen LogP contribution in [-0.2, 0) is 27.2 Å². The summed E-state index contributed by atoms with van der Waals surface area (Å²) in [7, 11) is 1.61. The van der Waals surface area contributed by atoms with Crippen LogP contribution in [0.3, 0.4) is 0 Å². The Morgan fingerprint density at radius 1 is 1.00 bits per heavy atom. The standard InChI is InChI=1S/C23H28BrNO6/c1-4-29-20-12-17(19(24)14-21(20)30-5-2)13-23(27)31-15-22(26)25-11-10-16-6-8-18(28-3)9-7-16/h6-9,12,14H,4-5,10-11,13,15H2,1-3H3,(H,25,26). The zero-order valence-corrected chi connectivity index (χ0v) is 19.6. The molecule has 0 bridgehead atoms. The van der Waals surface area contributed by atoms with Gasteiger partial charge in [0, 0.05) is 11.0 Å². The number of nitrogens with one attached hydrogen (secondary N) is 1. The zero-order chi connectivity index (χ0) is 22.6. The second-order valence-corrected chi connectivity index (χ2v) is 7.40. The fourth-order valence-electron chi connectivity index (χ4n) is 2.79. The molecular formula is C23H28BrNO6. The van der Waals surface area contributed by atoms with Gasteiger partial charge < -0.3 is 24.3 Å². The smallest absolute Gasteiger partial charge is 0.310 e. The van der Waals surface area contributed by atoms with Crippen molar-refractivity contribution < 1.29 is 28.5 Å². The number of methoxy groups -OCH3 is 1. The van der Waals surface area contributed by atoms with Crippen molar-refractivity contribution in [2.45, 2.75) is 26.7 Å². The van der Waals surface area contributed by atoms with Crippen molar-refractivity contribution >= 4 is 27.8 Å². The fourth-order valence-corrected chi connectivity index (χ4v) is 3.25. The predicted octanol–water partition coefficient (Wildman–Crippen LogP) is 3.70. The lowest BCUT2D eigenvalue weighted by Gasteiger charge is -2.14. The van der Waals surface area contributed by atoms with E-state index in [2.05, 4.69) is 21.2 Å². The molecule has 31 heavy (non-hydrogen) atoms. The third-order valence-electron chi connectivity index (χ3n) is 4.31. The molecule has 0 atom stereocenters. The summed E-state index contributed by atoms with van der Waals surface area (Å²) in [5.74, 6) is 1.10. The minimum Gasteiger partial charge on any atom is -0.497 e. The minimum atomic E-state index is -0.502. The van der Waals surface area contributed by atoms with E-state index in [1.165, 1.54) is 0 Å². The summed E-state index contributed by atoms with van der Waals surface area (Å²) in [5, 5.41) is 2.74. The number of hydrogen-bond acceptors (Lipinski definition) is 6. The summed E-state index contributed by atoms with van der Waals surface area (Å²) in [4.78, 5) is 24.2. The predicted molar refractivity (Wildman–Crippen MR) is 121 cm³/mol. The molecule has 7 nitrogen and oxygen atoms in total. The van der Waals surface area contributed by atoms with E-state index >= 15 is 0 Å². The van der Waals surface area contributed by atoms with Gasteiger partial charge in [-0.05, 0) is 55.7 Å². The van der Waals surface area contributed by atoms with Crippen LogP contribution in [0.1, 0.15) is 25.0 Å². The van der Waals surface area contributed by atoms with E-state index in [0.29, 0.717) is 47.7 Å². The lowest BCUT2D eigenvalue weighted by molar-refractivity contribution is -0.147. The van der Waals surface area contributed by atoms with Crippen LogP contribution >= 0.6 is 15.9 Å². The van der Waals surface area contributed by atoms with Crippen LogP contribution in [0.5, 0.6) is 17.2 Å². The van der Waals surface area contributed by atoms with Gasteiger partial charge in [-0.1, -0.05) is 28.1 Å². The number of amides is 1. The molecule has 2 rings (SSSR count). The molecule has 2 aromatic rings. The Labute approximate surface area is 191 Å². The number of ether oxygens (including phenoxy) is 4. The van der Waals surface area contributed by atoms with Gasteiger partial charge in [0.15, 0.2) is 18.1 Å². The molecule has 0 aliphatic carbocycles. The average Bonchev–Trinajstić information content (AvgIpc) is 2.76. The van der Waals surface area contributed by atoms with E-state index in [0.717, 1.165) is 11.3 Å². The first kappa shape index (κ1) is 24.5. The number of halogens is 1. The van der Waals surface area contributed by atoms with E-state index in [-0.39, 0.29) is 18.9 Å². The summed E-state index contributed by atoms with van der Waals surface area (Å²) in [6.45, 7) is 4.86. The first-order valence-corrected chi connectivity index (χ1v) is 10.9. The van der Waals surface area contributed by atoms with Crippen LogP contribution in [-0.4, -0.2) is 45.4 Å². The van der Waals surface area contributed by atoms with Crippen molar-refractivity contribution in [1.29, 1.82) is 0 Å². The van der Waals surface area contributed by atoms with Gasteiger partial charge >= 0.3 is 5.97 Å². The van der Waals surface area contributed by atoms with Crippen molar-refractivity contribution in [3.63, 3.8) is 0 Å². The summed E-state index contributed by atoms with van der Waals surface area (Å²) in [5.41, 5.74) is 1.76. The Morgan fingerprint density at radius 3 is 2.26 bits per heavy atom. The third kappa shape index (κ3) is 8.13. The number of benzene rings is 2. The highest BCUT2D eigenvalue weighted by molar-refractivity contribution is 9.10. The maximum absolute atomic E-state index is 12.2. The van der Waals surface area contributed by atoms with E-state index in [4.69, 9.17) is 18.9 Å². The number of rotatable bonds is 12. The van der Waals surface area contributed by atoms with Crippen molar-refractivity contribution in [3.8, 4) is 17.2 Å². The molecular weight excluding hydrogens is 466 g/mol. The summed E-state index contributed by atoms with van der Waals surface area (Å²) < 4.78 is 22.1. The van der Waals surface area contributed by atoms with Gasteiger partial charge in [0.2, 0.25) is 0 Å². The van der Waals surface area contributed by atoms with E-state index in [1.54, 1.807) is 19.2 Å². The first-order valence-electron chi connectivity index (χ1n) is 10.1. The molecule has 0 aliphatic rings. The fraction of sp³-hybridized carbons (Fsp3) is 0.391. The molecule has 0 saturated heterocycles. The van der Waals surface area contributed by atoms with Crippen LogP contribution < -0.4 is 19.5 Å². The second kappa shape index (κ2) is 12.8. The normalized spacial score (nSPS) is 10.3. The van der Waals surface area contributed by atoms with Gasteiger partial charge in [-0.3, -0.25) is 9.59 Å². The van der Waals surface area contributed by atoms with Gasteiger partial charge in [0.25, 0.3) is 5.91 Å². The summed E-state index contributed by atoms with van der Waals surface area (Å²) in [6.07, 6.45) is 0.676.